The molecule has 4 rings (SSSR count). The number of para-hydroxylation sites is 1. The number of aryl methyl sites for hydroxylation is 1. The largest absolute Gasteiger partial charge is 0.366 e. The molecule has 2 heterocycles. The van der Waals surface area contributed by atoms with Crippen molar-refractivity contribution in [2.45, 2.75) is 18.8 Å². The molecule has 9 nitrogen and oxygen atoms in total. The van der Waals surface area contributed by atoms with Gasteiger partial charge in [-0.1, -0.05) is 18.2 Å². The molecule has 2 aromatic carbocycles. The number of primary amides is 1. The molecule has 9 heteroatoms. The van der Waals surface area contributed by atoms with Crippen molar-refractivity contribution < 1.29 is 9.59 Å². The lowest BCUT2D eigenvalue weighted by atomic mass is 9.95. The Bertz CT molecular complexity index is 1160. The van der Waals surface area contributed by atoms with Crippen LogP contribution in [0.15, 0.2) is 59.4 Å². The van der Waals surface area contributed by atoms with Crippen molar-refractivity contribution >= 4 is 17.5 Å². The predicted octanol–water partition coefficient (Wildman–Crippen LogP) is 1.49. The lowest BCUT2D eigenvalue weighted by Gasteiger charge is -2.31. The van der Waals surface area contributed by atoms with Gasteiger partial charge in [-0.15, -0.1) is 0 Å². The Hall–Kier alpha value is -3.72. The molecule has 0 atom stereocenters. The lowest BCUT2D eigenvalue weighted by Crippen LogP contribution is -2.39. The molecular formula is C23H26N6O3. The van der Waals surface area contributed by atoms with Crippen LogP contribution in [0.2, 0.25) is 0 Å². The summed E-state index contributed by atoms with van der Waals surface area (Å²) in [5.41, 5.74) is 6.91. The molecule has 0 saturated carbocycles. The van der Waals surface area contributed by atoms with Crippen LogP contribution in [0, 0.1) is 0 Å². The van der Waals surface area contributed by atoms with Crippen LogP contribution in [0.1, 0.15) is 34.9 Å². The fourth-order valence-corrected chi connectivity index (χ4v) is 4.04. The van der Waals surface area contributed by atoms with Crippen molar-refractivity contribution in [3.05, 3.63) is 76.5 Å². The number of rotatable bonds is 6. The number of anilines is 1. The molecule has 0 bridgehead atoms. The predicted molar refractivity (Wildman–Crippen MR) is 121 cm³/mol. The fourth-order valence-electron chi connectivity index (χ4n) is 4.04. The Balaban J connectivity index is 1.37. The normalized spacial score (nSPS) is 14.9. The van der Waals surface area contributed by atoms with Gasteiger partial charge in [0.05, 0.1) is 12.2 Å². The molecule has 32 heavy (non-hydrogen) atoms. The zero-order chi connectivity index (χ0) is 22.7. The van der Waals surface area contributed by atoms with Gasteiger partial charge in [-0.05, 0) is 62.3 Å². The van der Waals surface area contributed by atoms with Crippen molar-refractivity contribution in [2.24, 2.45) is 12.8 Å². The number of hydrogen-bond donors (Lipinski definition) is 2. The Morgan fingerprint density at radius 2 is 1.72 bits per heavy atom. The minimum Gasteiger partial charge on any atom is -0.366 e. The summed E-state index contributed by atoms with van der Waals surface area (Å²) in [5.74, 6) is 0.290. The summed E-state index contributed by atoms with van der Waals surface area (Å²) in [6.07, 6.45) is 1.62. The minimum atomic E-state index is -0.503. The molecule has 3 aromatic rings. The van der Waals surface area contributed by atoms with Crippen LogP contribution in [0.3, 0.4) is 0 Å². The van der Waals surface area contributed by atoms with Gasteiger partial charge < -0.3 is 11.1 Å². The second-order valence-corrected chi connectivity index (χ2v) is 7.98. The molecular weight excluding hydrogens is 408 g/mol. The number of likely N-dealkylation sites (tertiary alicyclic amines) is 1. The van der Waals surface area contributed by atoms with E-state index in [-0.39, 0.29) is 24.1 Å². The van der Waals surface area contributed by atoms with Crippen LogP contribution >= 0.6 is 0 Å². The highest BCUT2D eigenvalue weighted by atomic mass is 16.2. The number of nitrogens with zero attached hydrogens (tertiary/aromatic N) is 4. The van der Waals surface area contributed by atoms with E-state index in [9.17, 15) is 14.4 Å². The summed E-state index contributed by atoms with van der Waals surface area (Å²) >= 11 is 0. The summed E-state index contributed by atoms with van der Waals surface area (Å²) in [4.78, 5) is 38.3. The van der Waals surface area contributed by atoms with E-state index in [1.54, 1.807) is 35.9 Å². The zero-order valence-electron chi connectivity index (χ0n) is 17.9. The number of nitrogens with one attached hydrogen (secondary N) is 1. The van der Waals surface area contributed by atoms with Gasteiger partial charge in [0.25, 0.3) is 0 Å². The third-order valence-electron chi connectivity index (χ3n) is 5.74. The van der Waals surface area contributed by atoms with Crippen molar-refractivity contribution in [3.63, 3.8) is 0 Å². The molecule has 1 fully saturated rings. The van der Waals surface area contributed by atoms with Gasteiger partial charge in [-0.2, -0.15) is 5.10 Å². The smallest absolute Gasteiger partial charge is 0.350 e. The summed E-state index contributed by atoms with van der Waals surface area (Å²) in [7, 11) is 1.67. The molecule has 0 unspecified atom stereocenters. The quantitative estimate of drug-likeness (QED) is 0.610. The van der Waals surface area contributed by atoms with Crippen LogP contribution in [0.4, 0.5) is 5.69 Å². The molecule has 1 aliphatic rings. The van der Waals surface area contributed by atoms with Crippen molar-refractivity contribution in [1.82, 2.24) is 19.2 Å². The van der Waals surface area contributed by atoms with E-state index in [1.807, 2.05) is 30.3 Å². The SMILES string of the molecule is Cn1nc(C2CCN(CC(=O)Nc3ccc(C(N)=O)cc3)CC2)n(-c2ccccc2)c1=O. The lowest BCUT2D eigenvalue weighted by molar-refractivity contribution is -0.117. The first-order valence-electron chi connectivity index (χ1n) is 10.6. The Morgan fingerprint density at radius 3 is 2.34 bits per heavy atom. The molecule has 1 saturated heterocycles. The van der Waals surface area contributed by atoms with Gasteiger partial charge in [0, 0.05) is 24.2 Å². The van der Waals surface area contributed by atoms with Gasteiger partial charge in [0.15, 0.2) is 0 Å². The standard InChI is InChI=1S/C23H26N6O3/c1-27-23(32)29(19-5-3-2-4-6-19)22(26-27)17-11-13-28(14-12-17)15-20(30)25-18-9-7-16(8-10-18)21(24)31/h2-10,17H,11-15H2,1H3,(H2,24,31)(H,25,30). The van der Waals surface area contributed by atoms with Crippen LogP contribution < -0.4 is 16.7 Å². The van der Waals surface area contributed by atoms with Crippen molar-refractivity contribution in [3.8, 4) is 5.69 Å². The molecule has 3 N–H and O–H groups in total. The van der Waals surface area contributed by atoms with E-state index in [4.69, 9.17) is 5.73 Å². The maximum atomic E-state index is 12.6. The molecule has 0 spiro atoms. The van der Waals surface area contributed by atoms with Crippen LogP contribution in [-0.2, 0) is 11.8 Å². The zero-order valence-corrected chi connectivity index (χ0v) is 17.9. The highest BCUT2D eigenvalue weighted by Crippen LogP contribution is 2.27. The minimum absolute atomic E-state index is 0.116. The maximum absolute atomic E-state index is 12.6. The van der Waals surface area contributed by atoms with Crippen LogP contribution in [0.25, 0.3) is 5.69 Å². The number of benzene rings is 2. The summed E-state index contributed by atoms with van der Waals surface area (Å²) in [6.45, 7) is 1.74. The molecule has 0 radical (unpaired) electrons. The van der Waals surface area contributed by atoms with E-state index in [1.165, 1.54) is 4.68 Å². The first-order valence-corrected chi connectivity index (χ1v) is 10.6. The highest BCUT2D eigenvalue weighted by Gasteiger charge is 2.27. The van der Waals surface area contributed by atoms with E-state index in [0.717, 1.165) is 37.4 Å². The maximum Gasteiger partial charge on any atom is 0.350 e. The second kappa shape index (κ2) is 9.19. The first-order chi connectivity index (χ1) is 15.4. The third kappa shape index (κ3) is 4.62. The summed E-state index contributed by atoms with van der Waals surface area (Å²) in [6, 6.07) is 16.0. The molecule has 0 aliphatic carbocycles. The molecule has 1 aliphatic heterocycles. The van der Waals surface area contributed by atoms with Gasteiger partial charge >= 0.3 is 5.69 Å². The average molecular weight is 435 g/mol. The van der Waals surface area contributed by atoms with E-state index in [0.29, 0.717) is 11.3 Å². The monoisotopic (exact) mass is 434 g/mol. The molecule has 2 amide bonds. The van der Waals surface area contributed by atoms with E-state index >= 15 is 0 Å². The van der Waals surface area contributed by atoms with Crippen LogP contribution in [-0.4, -0.2) is 50.7 Å². The third-order valence-corrected chi connectivity index (χ3v) is 5.74. The van der Waals surface area contributed by atoms with E-state index in [2.05, 4.69) is 15.3 Å². The number of carbonyl (C=O) groups excluding carboxylic acids is 2. The van der Waals surface area contributed by atoms with Gasteiger partial charge in [0.1, 0.15) is 5.82 Å². The van der Waals surface area contributed by atoms with Crippen molar-refractivity contribution in [1.29, 1.82) is 0 Å². The number of amides is 2. The average Bonchev–Trinajstić information content (AvgIpc) is 3.09. The van der Waals surface area contributed by atoms with Gasteiger partial charge in [-0.3, -0.25) is 14.5 Å². The summed E-state index contributed by atoms with van der Waals surface area (Å²) < 4.78 is 3.06. The van der Waals surface area contributed by atoms with Gasteiger partial charge in [0.2, 0.25) is 11.8 Å². The van der Waals surface area contributed by atoms with Crippen molar-refractivity contribution in [2.75, 3.05) is 25.0 Å². The van der Waals surface area contributed by atoms with E-state index < -0.39 is 5.91 Å². The first kappa shape index (κ1) is 21.5. The fraction of sp³-hybridized carbons (Fsp3) is 0.304. The number of carbonyl (C=O) groups is 2. The number of aromatic nitrogens is 3. The molecule has 166 valence electrons. The van der Waals surface area contributed by atoms with Gasteiger partial charge in [-0.25, -0.2) is 14.0 Å². The topological polar surface area (TPSA) is 115 Å². The summed E-state index contributed by atoms with van der Waals surface area (Å²) in [5, 5.41) is 7.35. The number of nitrogens with two attached hydrogens (primary N) is 1. The number of hydrogen-bond acceptors (Lipinski definition) is 5. The van der Waals surface area contributed by atoms with Crippen LogP contribution in [0.5, 0.6) is 0 Å². The Morgan fingerprint density at radius 1 is 1.06 bits per heavy atom. The molecule has 1 aromatic heterocycles. The Labute approximate surface area is 185 Å². The second-order valence-electron chi connectivity index (χ2n) is 7.98. The highest BCUT2D eigenvalue weighted by molar-refractivity contribution is 5.95. The Kier molecular flexibility index (Phi) is 6.18. The number of piperidine rings is 1.